The van der Waals surface area contributed by atoms with Crippen molar-refractivity contribution in [2.24, 2.45) is 0 Å². The van der Waals surface area contributed by atoms with Gasteiger partial charge in [0, 0.05) is 26.9 Å². The lowest BCUT2D eigenvalue weighted by atomic mass is 10.2. The van der Waals surface area contributed by atoms with Crippen molar-refractivity contribution in [3.05, 3.63) is 94.0 Å². The van der Waals surface area contributed by atoms with Crippen molar-refractivity contribution >= 4 is 35.0 Å². The zero-order valence-corrected chi connectivity index (χ0v) is 17.5. The van der Waals surface area contributed by atoms with Gasteiger partial charge in [0.1, 0.15) is 12.4 Å². The van der Waals surface area contributed by atoms with E-state index in [0.29, 0.717) is 28.5 Å². The summed E-state index contributed by atoms with van der Waals surface area (Å²) >= 11 is 13.8. The molecule has 0 unspecified atom stereocenters. The molecule has 7 heteroatoms. The highest BCUT2D eigenvalue weighted by atomic mass is 35.5. The van der Waals surface area contributed by atoms with Crippen LogP contribution in [0.2, 0.25) is 10.0 Å². The Hall–Kier alpha value is -2.47. The molecule has 0 radical (unpaired) electrons. The van der Waals surface area contributed by atoms with E-state index in [-0.39, 0.29) is 0 Å². The molecular weight excluding hydrogens is 427 g/mol. The van der Waals surface area contributed by atoms with Crippen molar-refractivity contribution in [2.75, 3.05) is 0 Å². The van der Waals surface area contributed by atoms with E-state index in [1.165, 1.54) is 11.8 Å². The molecule has 0 fully saturated rings. The summed E-state index contributed by atoms with van der Waals surface area (Å²) in [6.45, 7) is 0.405. The molecule has 0 spiro atoms. The summed E-state index contributed by atoms with van der Waals surface area (Å²) in [7, 11) is 0. The first-order chi connectivity index (χ1) is 14.2. The van der Waals surface area contributed by atoms with Crippen LogP contribution in [0.1, 0.15) is 11.1 Å². The zero-order chi connectivity index (χ0) is 20.1. The minimum Gasteiger partial charge on any atom is -0.489 e. The first-order valence-electron chi connectivity index (χ1n) is 8.85. The number of thioether (sulfide) groups is 1. The highest BCUT2D eigenvalue weighted by Crippen LogP contribution is 2.29. The predicted octanol–water partition coefficient (Wildman–Crippen LogP) is 6.91. The number of hydrogen-bond acceptors (Lipinski definition) is 5. The van der Waals surface area contributed by atoms with Gasteiger partial charge in [-0.15, -0.1) is 10.2 Å². The molecule has 0 atom stereocenters. The van der Waals surface area contributed by atoms with Gasteiger partial charge >= 0.3 is 0 Å². The van der Waals surface area contributed by atoms with Crippen molar-refractivity contribution in [2.45, 2.75) is 17.6 Å². The van der Waals surface area contributed by atoms with Crippen LogP contribution in [0.3, 0.4) is 0 Å². The quantitative estimate of drug-likeness (QED) is 0.290. The first kappa shape index (κ1) is 19.8. The number of ether oxygens (including phenoxy) is 1. The van der Waals surface area contributed by atoms with Crippen LogP contribution in [0.15, 0.2) is 82.4 Å². The third kappa shape index (κ3) is 5.12. The monoisotopic (exact) mass is 442 g/mol. The maximum absolute atomic E-state index is 6.18. The fourth-order valence-electron chi connectivity index (χ4n) is 2.61. The number of halogens is 2. The minimum absolute atomic E-state index is 0.405. The molecule has 3 aromatic carbocycles. The van der Waals surface area contributed by atoms with Crippen LogP contribution >= 0.6 is 35.0 Å². The van der Waals surface area contributed by atoms with Gasteiger partial charge in [0.25, 0.3) is 5.22 Å². The van der Waals surface area contributed by atoms with Gasteiger partial charge in [-0.05, 0) is 42.0 Å². The molecule has 0 saturated carbocycles. The van der Waals surface area contributed by atoms with E-state index in [1.54, 1.807) is 0 Å². The van der Waals surface area contributed by atoms with E-state index in [1.807, 2.05) is 72.8 Å². The molecule has 1 heterocycles. The first-order valence-corrected chi connectivity index (χ1v) is 10.6. The van der Waals surface area contributed by atoms with Crippen molar-refractivity contribution < 1.29 is 9.15 Å². The zero-order valence-electron chi connectivity index (χ0n) is 15.2. The van der Waals surface area contributed by atoms with Gasteiger partial charge < -0.3 is 9.15 Å². The van der Waals surface area contributed by atoms with E-state index in [0.717, 1.165) is 27.5 Å². The fraction of sp³-hybridized carbons (Fsp3) is 0.0909. The fourth-order valence-corrected chi connectivity index (χ4v) is 3.85. The standard InChI is InChI=1S/C22H16Cl2N2O2S/c23-19-7-3-1-5-16(19)13-27-18-11-9-15(10-12-18)21-25-26-22(28-21)29-14-17-6-2-4-8-20(17)24/h1-12H,13-14H2. The summed E-state index contributed by atoms with van der Waals surface area (Å²) in [5.41, 5.74) is 2.79. The maximum Gasteiger partial charge on any atom is 0.277 e. The third-order valence-corrected chi connectivity index (χ3v) is 5.77. The normalized spacial score (nSPS) is 10.8. The van der Waals surface area contributed by atoms with E-state index in [9.17, 15) is 0 Å². The van der Waals surface area contributed by atoms with Crippen LogP contribution < -0.4 is 4.74 Å². The summed E-state index contributed by atoms with van der Waals surface area (Å²) in [5.74, 6) is 1.86. The Morgan fingerprint density at radius 2 is 1.45 bits per heavy atom. The third-order valence-electron chi connectivity index (χ3n) is 4.17. The molecular formula is C22H16Cl2N2O2S. The molecule has 0 amide bonds. The number of aromatic nitrogens is 2. The Morgan fingerprint density at radius 1 is 0.793 bits per heavy atom. The van der Waals surface area contributed by atoms with Gasteiger partial charge in [-0.1, -0.05) is 71.4 Å². The van der Waals surface area contributed by atoms with Gasteiger partial charge in [0.15, 0.2) is 0 Å². The molecule has 146 valence electrons. The summed E-state index contributed by atoms with van der Waals surface area (Å²) < 4.78 is 11.6. The largest absolute Gasteiger partial charge is 0.489 e. The van der Waals surface area contributed by atoms with Crippen molar-refractivity contribution in [1.29, 1.82) is 0 Å². The Labute approximate surface area is 182 Å². The SMILES string of the molecule is Clc1ccccc1COc1ccc(-c2nnc(SCc3ccccc3Cl)o2)cc1. The van der Waals surface area contributed by atoms with Crippen LogP contribution in [-0.4, -0.2) is 10.2 Å². The Kier molecular flexibility index (Phi) is 6.39. The molecule has 29 heavy (non-hydrogen) atoms. The van der Waals surface area contributed by atoms with Gasteiger partial charge in [-0.2, -0.15) is 0 Å². The summed E-state index contributed by atoms with van der Waals surface area (Å²) in [5, 5.41) is 10.1. The second-order valence-corrected chi connectivity index (χ2v) is 7.90. The minimum atomic E-state index is 0.405. The van der Waals surface area contributed by atoms with Crippen LogP contribution in [-0.2, 0) is 12.4 Å². The van der Waals surface area contributed by atoms with E-state index >= 15 is 0 Å². The lowest BCUT2D eigenvalue weighted by Gasteiger charge is -2.07. The number of benzene rings is 3. The average molecular weight is 443 g/mol. The Morgan fingerprint density at radius 3 is 2.14 bits per heavy atom. The van der Waals surface area contributed by atoms with Crippen LogP contribution in [0.4, 0.5) is 0 Å². The molecule has 0 aliphatic heterocycles. The highest BCUT2D eigenvalue weighted by molar-refractivity contribution is 7.98. The Bertz CT molecular complexity index is 1100. The van der Waals surface area contributed by atoms with E-state index in [2.05, 4.69) is 10.2 Å². The van der Waals surface area contributed by atoms with Gasteiger partial charge in [0.2, 0.25) is 5.89 Å². The van der Waals surface area contributed by atoms with Crippen LogP contribution in [0, 0.1) is 0 Å². The van der Waals surface area contributed by atoms with E-state index < -0.39 is 0 Å². The van der Waals surface area contributed by atoms with Crippen molar-refractivity contribution in [3.63, 3.8) is 0 Å². The van der Waals surface area contributed by atoms with Crippen molar-refractivity contribution in [1.82, 2.24) is 10.2 Å². The van der Waals surface area contributed by atoms with E-state index in [4.69, 9.17) is 32.4 Å². The van der Waals surface area contributed by atoms with Gasteiger partial charge in [-0.25, -0.2) is 0 Å². The lowest BCUT2D eigenvalue weighted by molar-refractivity contribution is 0.306. The summed E-state index contributed by atoms with van der Waals surface area (Å²) in [4.78, 5) is 0. The summed E-state index contributed by atoms with van der Waals surface area (Å²) in [6, 6.07) is 22.8. The topological polar surface area (TPSA) is 48.2 Å². The van der Waals surface area contributed by atoms with Crippen LogP contribution in [0.25, 0.3) is 11.5 Å². The molecule has 4 nitrogen and oxygen atoms in total. The second kappa shape index (κ2) is 9.35. The van der Waals surface area contributed by atoms with Gasteiger partial charge in [0.05, 0.1) is 0 Å². The predicted molar refractivity (Wildman–Crippen MR) is 117 cm³/mol. The average Bonchev–Trinajstić information content (AvgIpc) is 3.22. The molecule has 0 saturated heterocycles. The molecule has 0 N–H and O–H groups in total. The number of hydrogen-bond donors (Lipinski definition) is 0. The number of rotatable bonds is 7. The molecule has 0 aliphatic rings. The molecule has 4 rings (SSSR count). The molecule has 0 bridgehead atoms. The Balaban J connectivity index is 1.37. The summed E-state index contributed by atoms with van der Waals surface area (Å²) in [6.07, 6.45) is 0. The second-order valence-electron chi connectivity index (χ2n) is 6.16. The van der Waals surface area contributed by atoms with Crippen LogP contribution in [0.5, 0.6) is 5.75 Å². The maximum atomic E-state index is 6.18. The van der Waals surface area contributed by atoms with Crippen molar-refractivity contribution in [3.8, 4) is 17.2 Å². The molecule has 1 aromatic heterocycles. The molecule has 0 aliphatic carbocycles. The molecule has 4 aromatic rings. The lowest BCUT2D eigenvalue weighted by Crippen LogP contribution is -1.95. The number of nitrogens with zero attached hydrogens (tertiary/aromatic N) is 2. The smallest absolute Gasteiger partial charge is 0.277 e. The van der Waals surface area contributed by atoms with Gasteiger partial charge in [-0.3, -0.25) is 0 Å². The highest BCUT2D eigenvalue weighted by Gasteiger charge is 2.10.